The van der Waals surface area contributed by atoms with Crippen LogP contribution >= 0.6 is 0 Å². The van der Waals surface area contributed by atoms with Crippen LogP contribution in [-0.4, -0.2) is 51.9 Å². The predicted octanol–water partition coefficient (Wildman–Crippen LogP) is -0.337. The van der Waals surface area contributed by atoms with Crippen molar-refractivity contribution in [1.82, 2.24) is 30.4 Å². The number of aromatic nitrogens is 4. The molecule has 1 unspecified atom stereocenters. The molecular formula is C16H14N6O4. The highest BCUT2D eigenvalue weighted by Crippen LogP contribution is 2.09. The van der Waals surface area contributed by atoms with Crippen molar-refractivity contribution >= 4 is 11.9 Å². The summed E-state index contributed by atoms with van der Waals surface area (Å²) < 4.78 is 11.3. The lowest BCUT2D eigenvalue weighted by atomic mass is 10.2. The van der Waals surface area contributed by atoms with Gasteiger partial charge in [-0.25, -0.2) is 9.78 Å². The Kier molecular flexibility index (Phi) is 4.80. The molecule has 1 atom stereocenters. The standard InChI is InChI=1S/C16H14N6O4/c1-25-13-6-4-10(14(19-13)16(24)26-2)18-15(23)11-3-5-12(21-20-11)22-8-7-17-9-22/h3,5,7-9,14,19H,1-2H3,(H,18,23). The first-order valence-electron chi connectivity index (χ1n) is 7.40. The average molecular weight is 354 g/mol. The molecule has 10 nitrogen and oxygen atoms in total. The Morgan fingerprint density at radius 2 is 2.12 bits per heavy atom. The van der Waals surface area contributed by atoms with Crippen molar-refractivity contribution in [2.24, 2.45) is 0 Å². The average Bonchev–Trinajstić information content (AvgIpc) is 3.22. The van der Waals surface area contributed by atoms with Gasteiger partial charge in [0.1, 0.15) is 12.0 Å². The molecule has 0 aromatic carbocycles. The number of nitrogens with one attached hydrogen (secondary N) is 2. The van der Waals surface area contributed by atoms with Crippen molar-refractivity contribution in [2.75, 3.05) is 14.2 Å². The van der Waals surface area contributed by atoms with E-state index >= 15 is 0 Å². The predicted molar refractivity (Wildman–Crippen MR) is 86.6 cm³/mol. The van der Waals surface area contributed by atoms with Crippen molar-refractivity contribution in [3.05, 3.63) is 59.6 Å². The minimum atomic E-state index is -0.988. The molecule has 26 heavy (non-hydrogen) atoms. The number of hydrogen-bond acceptors (Lipinski definition) is 8. The van der Waals surface area contributed by atoms with Crippen LogP contribution in [0.15, 0.2) is 53.9 Å². The van der Waals surface area contributed by atoms with Gasteiger partial charge in [-0.05, 0) is 23.6 Å². The monoisotopic (exact) mass is 354 g/mol. The minimum Gasteiger partial charge on any atom is -0.476 e. The van der Waals surface area contributed by atoms with Gasteiger partial charge in [-0.2, -0.15) is 0 Å². The highest BCUT2D eigenvalue weighted by Gasteiger charge is 2.28. The van der Waals surface area contributed by atoms with Crippen LogP contribution in [0.3, 0.4) is 0 Å². The second-order valence-corrected chi connectivity index (χ2v) is 5.00. The Balaban J connectivity index is 1.80. The van der Waals surface area contributed by atoms with Crippen LogP contribution in [0.25, 0.3) is 5.82 Å². The lowest BCUT2D eigenvalue weighted by molar-refractivity contribution is -0.142. The molecule has 10 heteroatoms. The first-order valence-corrected chi connectivity index (χ1v) is 7.40. The van der Waals surface area contributed by atoms with Gasteiger partial charge in [0, 0.05) is 12.4 Å². The van der Waals surface area contributed by atoms with E-state index in [9.17, 15) is 9.59 Å². The van der Waals surface area contributed by atoms with Gasteiger partial charge in [-0.15, -0.1) is 10.2 Å². The van der Waals surface area contributed by atoms with Gasteiger partial charge in [-0.1, -0.05) is 0 Å². The fourth-order valence-corrected chi connectivity index (χ4v) is 2.11. The van der Waals surface area contributed by atoms with Gasteiger partial charge >= 0.3 is 5.97 Å². The van der Waals surface area contributed by atoms with Crippen LogP contribution in [0.5, 0.6) is 0 Å². The molecule has 3 rings (SSSR count). The molecule has 132 valence electrons. The van der Waals surface area contributed by atoms with Crippen molar-refractivity contribution in [1.29, 1.82) is 0 Å². The van der Waals surface area contributed by atoms with E-state index in [0.29, 0.717) is 5.82 Å². The van der Waals surface area contributed by atoms with Crippen LogP contribution in [0, 0.1) is 0 Å². The van der Waals surface area contributed by atoms with Crippen molar-refractivity contribution in [3.8, 4) is 5.82 Å². The summed E-state index contributed by atoms with van der Waals surface area (Å²) >= 11 is 0. The smallest absolute Gasteiger partial charge is 0.335 e. The molecule has 0 bridgehead atoms. The fourth-order valence-electron chi connectivity index (χ4n) is 2.11. The van der Waals surface area contributed by atoms with E-state index < -0.39 is 17.9 Å². The highest BCUT2D eigenvalue weighted by atomic mass is 16.5. The molecule has 1 aliphatic heterocycles. The molecule has 0 aliphatic carbocycles. The second-order valence-electron chi connectivity index (χ2n) is 5.00. The summed E-state index contributed by atoms with van der Waals surface area (Å²) in [6.07, 6.45) is 4.87. The van der Waals surface area contributed by atoms with Gasteiger partial charge in [0.15, 0.2) is 17.6 Å². The molecule has 2 aromatic rings. The van der Waals surface area contributed by atoms with E-state index in [4.69, 9.17) is 9.47 Å². The molecule has 2 N–H and O–H groups in total. The topological polar surface area (TPSA) is 120 Å². The van der Waals surface area contributed by atoms with Gasteiger partial charge in [0.05, 0.1) is 14.2 Å². The number of imidazole rings is 1. The quantitative estimate of drug-likeness (QED) is 0.553. The van der Waals surface area contributed by atoms with Gasteiger partial charge in [0.25, 0.3) is 5.91 Å². The maximum atomic E-state index is 12.4. The number of rotatable bonds is 5. The molecule has 0 saturated heterocycles. The van der Waals surface area contributed by atoms with Crippen LogP contribution in [0.1, 0.15) is 10.5 Å². The Hall–Kier alpha value is -3.87. The van der Waals surface area contributed by atoms with E-state index in [-0.39, 0.29) is 17.3 Å². The number of carbonyl (C=O) groups is 2. The third kappa shape index (κ3) is 3.46. The number of methoxy groups -OCH3 is 2. The largest absolute Gasteiger partial charge is 0.476 e. The highest BCUT2D eigenvalue weighted by molar-refractivity contribution is 5.94. The normalized spacial score (nSPS) is 15.4. The number of ether oxygens (including phenoxy) is 2. The van der Waals surface area contributed by atoms with Crippen LogP contribution < -0.4 is 10.6 Å². The van der Waals surface area contributed by atoms with Crippen LogP contribution in [-0.2, 0) is 14.3 Å². The number of esters is 1. The summed E-state index contributed by atoms with van der Waals surface area (Å²) in [6.45, 7) is 0. The molecule has 1 aliphatic rings. The molecular weight excluding hydrogens is 340 g/mol. The Bertz CT molecular complexity index is 922. The maximum Gasteiger partial charge on any atom is 0.335 e. The molecule has 1 amide bonds. The van der Waals surface area contributed by atoms with Gasteiger partial charge in [-0.3, -0.25) is 9.36 Å². The molecule has 0 saturated carbocycles. The Labute approximate surface area is 147 Å². The van der Waals surface area contributed by atoms with Crippen molar-refractivity contribution in [3.63, 3.8) is 0 Å². The number of nitrogens with zero attached hydrogens (tertiary/aromatic N) is 4. The summed E-state index contributed by atoms with van der Waals surface area (Å²) in [4.78, 5) is 28.2. The van der Waals surface area contributed by atoms with E-state index in [1.165, 1.54) is 20.3 Å². The molecule has 0 radical (unpaired) electrons. The lowest BCUT2D eigenvalue weighted by Crippen LogP contribution is -2.45. The minimum absolute atomic E-state index is 0.0632. The zero-order valence-corrected chi connectivity index (χ0v) is 13.9. The third-order valence-electron chi connectivity index (χ3n) is 3.42. The van der Waals surface area contributed by atoms with E-state index in [1.807, 2.05) is 0 Å². The van der Waals surface area contributed by atoms with Crippen molar-refractivity contribution < 1.29 is 19.1 Å². The van der Waals surface area contributed by atoms with Gasteiger partial charge in [0.2, 0.25) is 5.88 Å². The zero-order valence-electron chi connectivity index (χ0n) is 13.9. The molecule has 0 fully saturated rings. The zero-order chi connectivity index (χ0) is 18.5. The molecule has 3 heterocycles. The van der Waals surface area contributed by atoms with Gasteiger partial charge < -0.3 is 20.1 Å². The van der Waals surface area contributed by atoms with Crippen LogP contribution in [0.2, 0.25) is 0 Å². The maximum absolute atomic E-state index is 12.4. The Morgan fingerprint density at radius 1 is 1.27 bits per heavy atom. The fraction of sp³-hybridized carbons (Fsp3) is 0.188. The number of carbonyl (C=O) groups excluding carboxylic acids is 2. The van der Waals surface area contributed by atoms with E-state index in [1.54, 1.807) is 29.4 Å². The first-order chi connectivity index (χ1) is 12.6. The number of amides is 1. The van der Waals surface area contributed by atoms with E-state index in [0.717, 1.165) is 0 Å². The third-order valence-corrected chi connectivity index (χ3v) is 3.42. The molecule has 0 spiro atoms. The van der Waals surface area contributed by atoms with Crippen molar-refractivity contribution in [2.45, 2.75) is 6.04 Å². The molecule has 2 aromatic heterocycles. The summed E-state index contributed by atoms with van der Waals surface area (Å²) in [5.41, 5.74) is 5.50. The lowest BCUT2D eigenvalue weighted by Gasteiger charge is -2.21. The first kappa shape index (κ1) is 17.0. The van der Waals surface area contributed by atoms with E-state index in [2.05, 4.69) is 37.3 Å². The van der Waals surface area contributed by atoms with Crippen LogP contribution in [0.4, 0.5) is 0 Å². The second kappa shape index (κ2) is 7.35. The Morgan fingerprint density at radius 3 is 2.73 bits per heavy atom. The summed E-state index contributed by atoms with van der Waals surface area (Å²) in [6, 6.07) is 2.13. The summed E-state index contributed by atoms with van der Waals surface area (Å²) in [7, 11) is 2.64. The summed E-state index contributed by atoms with van der Waals surface area (Å²) in [5, 5.41) is 13.1. The number of hydrogen-bond donors (Lipinski definition) is 2. The SMILES string of the molecule is COC(=O)C1NC(OC)=C=C=C1NC(=O)c1ccc(-n2ccnc2)nn1. The summed E-state index contributed by atoms with van der Waals surface area (Å²) in [5.74, 6) is -0.471.